The molecule has 0 atom stereocenters. The lowest BCUT2D eigenvalue weighted by atomic mass is 10.1. The Kier molecular flexibility index (Phi) is 9.52. The number of alkyl halides is 3. The molecule has 1 aromatic carbocycles. The van der Waals surface area contributed by atoms with Gasteiger partial charge in [-0.3, -0.25) is 9.89 Å². The topological polar surface area (TPSA) is 53.6 Å². The summed E-state index contributed by atoms with van der Waals surface area (Å²) in [5.41, 5.74) is 8.85. The van der Waals surface area contributed by atoms with Gasteiger partial charge in [-0.05, 0) is 57.1 Å². The minimum atomic E-state index is -4.17. The van der Waals surface area contributed by atoms with Gasteiger partial charge in [0, 0.05) is 12.2 Å². The van der Waals surface area contributed by atoms with Crippen molar-refractivity contribution in [2.24, 2.45) is 10.7 Å². The molecule has 1 aromatic rings. The fourth-order valence-corrected chi connectivity index (χ4v) is 2.16. The zero-order valence-corrected chi connectivity index (χ0v) is 15.9. The first kappa shape index (κ1) is 22.0. The highest BCUT2D eigenvalue weighted by Crippen LogP contribution is 2.15. The third-order valence-corrected chi connectivity index (χ3v) is 2.92. The predicted octanol–water partition coefficient (Wildman–Crippen LogP) is 3.53. The van der Waals surface area contributed by atoms with E-state index in [-0.39, 0.29) is 29.9 Å². The normalized spacial score (nSPS) is 12.2. The lowest BCUT2D eigenvalue weighted by molar-refractivity contribution is -0.143. The number of nitrogens with two attached hydrogens (primary N) is 1. The number of hydrogen-bond donors (Lipinski definition) is 2. The Morgan fingerprint density at radius 1 is 1.22 bits per heavy atom. The van der Waals surface area contributed by atoms with Crippen LogP contribution in [0.15, 0.2) is 23.2 Å². The second kappa shape index (κ2) is 9.96. The standard InChI is InChI=1S/C15H23F3N4.HI/c1-11-7-12(2)9-13(8-11)21-14(19)20-5-4-6-22(3)10-15(16,17)18;/h7-9H,4-6,10H2,1-3H3,(H3,19,20,21);1H. The van der Waals surface area contributed by atoms with Crippen LogP contribution in [0.4, 0.5) is 18.9 Å². The Morgan fingerprint density at radius 3 is 2.30 bits per heavy atom. The second-order valence-corrected chi connectivity index (χ2v) is 5.47. The van der Waals surface area contributed by atoms with Crippen molar-refractivity contribution in [1.82, 2.24) is 4.90 Å². The van der Waals surface area contributed by atoms with Crippen molar-refractivity contribution >= 4 is 35.6 Å². The summed E-state index contributed by atoms with van der Waals surface area (Å²) in [6.07, 6.45) is -3.65. The minimum Gasteiger partial charge on any atom is -0.370 e. The van der Waals surface area contributed by atoms with Gasteiger partial charge in [0.05, 0.1) is 6.54 Å². The molecular formula is C15H24F3IN4. The zero-order valence-electron chi connectivity index (χ0n) is 13.6. The van der Waals surface area contributed by atoms with E-state index in [1.54, 1.807) is 0 Å². The van der Waals surface area contributed by atoms with Crippen LogP contribution in [0.2, 0.25) is 0 Å². The number of anilines is 1. The fraction of sp³-hybridized carbons (Fsp3) is 0.533. The number of nitrogens with one attached hydrogen (secondary N) is 1. The Hall–Kier alpha value is -1.03. The summed E-state index contributed by atoms with van der Waals surface area (Å²) >= 11 is 0. The first-order valence-electron chi connectivity index (χ1n) is 7.06. The second-order valence-electron chi connectivity index (χ2n) is 5.47. The highest BCUT2D eigenvalue weighted by Gasteiger charge is 2.28. The van der Waals surface area contributed by atoms with Crippen LogP contribution in [-0.4, -0.2) is 43.7 Å². The number of aliphatic imine (C=N–C) groups is 1. The van der Waals surface area contributed by atoms with Crippen LogP contribution in [-0.2, 0) is 0 Å². The molecule has 0 amide bonds. The number of aryl methyl sites for hydroxylation is 2. The molecule has 132 valence electrons. The molecule has 0 heterocycles. The molecule has 0 saturated carbocycles. The molecule has 23 heavy (non-hydrogen) atoms. The monoisotopic (exact) mass is 444 g/mol. The van der Waals surface area contributed by atoms with Gasteiger partial charge >= 0.3 is 6.18 Å². The van der Waals surface area contributed by atoms with Crippen molar-refractivity contribution in [2.75, 3.05) is 32.0 Å². The maximum absolute atomic E-state index is 12.2. The van der Waals surface area contributed by atoms with E-state index in [0.29, 0.717) is 19.5 Å². The highest BCUT2D eigenvalue weighted by atomic mass is 127. The summed E-state index contributed by atoms with van der Waals surface area (Å²) in [5, 5.41) is 2.98. The fourth-order valence-electron chi connectivity index (χ4n) is 2.16. The molecule has 0 unspecified atom stereocenters. The van der Waals surface area contributed by atoms with E-state index >= 15 is 0 Å². The van der Waals surface area contributed by atoms with Gasteiger partial charge in [0.2, 0.25) is 0 Å². The molecule has 0 radical (unpaired) electrons. The van der Waals surface area contributed by atoms with Gasteiger partial charge in [0.15, 0.2) is 5.96 Å². The maximum atomic E-state index is 12.2. The maximum Gasteiger partial charge on any atom is 0.401 e. The van der Waals surface area contributed by atoms with Gasteiger partial charge in [-0.2, -0.15) is 13.2 Å². The lowest BCUT2D eigenvalue weighted by Gasteiger charge is -2.17. The van der Waals surface area contributed by atoms with Crippen LogP contribution in [0.3, 0.4) is 0 Å². The lowest BCUT2D eigenvalue weighted by Crippen LogP contribution is -2.32. The quantitative estimate of drug-likeness (QED) is 0.306. The van der Waals surface area contributed by atoms with Crippen molar-refractivity contribution in [3.8, 4) is 0 Å². The van der Waals surface area contributed by atoms with Crippen LogP contribution >= 0.6 is 24.0 Å². The molecule has 0 aliphatic heterocycles. The molecule has 0 spiro atoms. The van der Waals surface area contributed by atoms with E-state index in [1.807, 2.05) is 26.0 Å². The van der Waals surface area contributed by atoms with E-state index in [1.165, 1.54) is 11.9 Å². The van der Waals surface area contributed by atoms with Crippen LogP contribution in [0.25, 0.3) is 0 Å². The van der Waals surface area contributed by atoms with Crippen molar-refractivity contribution in [3.05, 3.63) is 29.3 Å². The Morgan fingerprint density at radius 2 is 1.78 bits per heavy atom. The van der Waals surface area contributed by atoms with E-state index < -0.39 is 12.7 Å². The van der Waals surface area contributed by atoms with Gasteiger partial charge in [0.25, 0.3) is 0 Å². The molecule has 1 rings (SSSR count). The number of guanidine groups is 1. The largest absolute Gasteiger partial charge is 0.401 e. The third-order valence-electron chi connectivity index (χ3n) is 2.92. The summed E-state index contributed by atoms with van der Waals surface area (Å²) in [5.74, 6) is 0.267. The number of nitrogens with zero attached hydrogens (tertiary/aromatic N) is 2. The predicted molar refractivity (Wildman–Crippen MR) is 99.6 cm³/mol. The number of hydrogen-bond acceptors (Lipinski definition) is 2. The average molecular weight is 444 g/mol. The highest BCUT2D eigenvalue weighted by molar-refractivity contribution is 14.0. The summed E-state index contributed by atoms with van der Waals surface area (Å²) < 4.78 is 36.5. The number of halogens is 4. The molecule has 8 heteroatoms. The SMILES string of the molecule is Cc1cc(C)cc(NC(N)=NCCCN(C)CC(F)(F)F)c1.I. The Labute approximate surface area is 152 Å². The molecule has 4 nitrogen and oxygen atoms in total. The Balaban J connectivity index is 0.00000484. The van der Waals surface area contributed by atoms with E-state index in [4.69, 9.17) is 5.73 Å². The summed E-state index contributed by atoms with van der Waals surface area (Å²) in [6, 6.07) is 5.95. The smallest absolute Gasteiger partial charge is 0.370 e. The van der Waals surface area contributed by atoms with Crippen LogP contribution in [0.5, 0.6) is 0 Å². The first-order valence-corrected chi connectivity index (χ1v) is 7.06. The third kappa shape index (κ3) is 10.4. The molecular weight excluding hydrogens is 420 g/mol. The van der Waals surface area contributed by atoms with Gasteiger partial charge < -0.3 is 11.1 Å². The van der Waals surface area contributed by atoms with Gasteiger partial charge in [-0.25, -0.2) is 0 Å². The van der Waals surface area contributed by atoms with Crippen molar-refractivity contribution < 1.29 is 13.2 Å². The van der Waals surface area contributed by atoms with Gasteiger partial charge in [-0.15, -0.1) is 24.0 Å². The van der Waals surface area contributed by atoms with Crippen molar-refractivity contribution in [3.63, 3.8) is 0 Å². The Bertz CT molecular complexity index is 498. The molecule has 0 fully saturated rings. The molecule has 0 aliphatic carbocycles. The minimum absolute atomic E-state index is 0. The molecule has 0 aromatic heterocycles. The number of rotatable bonds is 6. The van der Waals surface area contributed by atoms with Crippen LogP contribution in [0.1, 0.15) is 17.5 Å². The van der Waals surface area contributed by atoms with E-state index in [2.05, 4.69) is 16.4 Å². The van der Waals surface area contributed by atoms with Crippen molar-refractivity contribution in [2.45, 2.75) is 26.4 Å². The van der Waals surface area contributed by atoms with Gasteiger partial charge in [-0.1, -0.05) is 6.07 Å². The summed E-state index contributed by atoms with van der Waals surface area (Å²) in [7, 11) is 1.44. The van der Waals surface area contributed by atoms with Crippen LogP contribution in [0, 0.1) is 13.8 Å². The van der Waals surface area contributed by atoms with E-state index in [9.17, 15) is 13.2 Å². The van der Waals surface area contributed by atoms with Crippen molar-refractivity contribution in [1.29, 1.82) is 0 Å². The first-order chi connectivity index (χ1) is 10.2. The van der Waals surface area contributed by atoms with Crippen LogP contribution < -0.4 is 11.1 Å². The molecule has 3 N–H and O–H groups in total. The summed E-state index contributed by atoms with van der Waals surface area (Å²) in [4.78, 5) is 5.35. The molecule has 0 bridgehead atoms. The van der Waals surface area contributed by atoms with E-state index in [0.717, 1.165) is 16.8 Å². The molecule has 0 saturated heterocycles. The summed E-state index contributed by atoms with van der Waals surface area (Å²) in [6.45, 7) is 3.77. The zero-order chi connectivity index (χ0) is 16.8. The average Bonchev–Trinajstić information content (AvgIpc) is 2.31. The van der Waals surface area contributed by atoms with Gasteiger partial charge in [0.1, 0.15) is 0 Å². The molecule has 0 aliphatic rings. The number of benzene rings is 1.